The standard InChI is InChI=1S/C20H18N4O/c25-20(23-13-12-14-6-4-5-9-17(14)23)18-21-19(15-10-11-15)24(22-18)16-7-2-1-3-8-16/h1-9,15H,10-13H2. The molecule has 1 aliphatic carbocycles. The Balaban J connectivity index is 1.54. The fourth-order valence-electron chi connectivity index (χ4n) is 3.45. The summed E-state index contributed by atoms with van der Waals surface area (Å²) in [4.78, 5) is 19.5. The van der Waals surface area contributed by atoms with Crippen molar-refractivity contribution in [3.8, 4) is 5.69 Å². The van der Waals surface area contributed by atoms with Crippen LogP contribution in [-0.2, 0) is 6.42 Å². The van der Waals surface area contributed by atoms with Crippen LogP contribution in [0.3, 0.4) is 0 Å². The van der Waals surface area contributed by atoms with Crippen LogP contribution in [0.1, 0.15) is 40.8 Å². The molecule has 124 valence electrons. The maximum Gasteiger partial charge on any atom is 0.297 e. The van der Waals surface area contributed by atoms with Gasteiger partial charge in [0.05, 0.1) is 5.69 Å². The maximum atomic E-state index is 13.0. The molecule has 0 spiro atoms. The van der Waals surface area contributed by atoms with Gasteiger partial charge in [-0.25, -0.2) is 9.67 Å². The van der Waals surface area contributed by atoms with E-state index in [4.69, 9.17) is 0 Å². The van der Waals surface area contributed by atoms with E-state index in [0.29, 0.717) is 18.3 Å². The molecule has 1 aromatic heterocycles. The number of para-hydroxylation sites is 2. The third-order valence-electron chi connectivity index (χ3n) is 4.90. The molecule has 1 amide bonds. The first-order valence-electron chi connectivity index (χ1n) is 8.73. The SMILES string of the molecule is O=C(c1nc(C2CC2)n(-c2ccccc2)n1)N1CCc2ccccc21. The number of carbonyl (C=O) groups excluding carboxylic acids is 1. The second-order valence-corrected chi connectivity index (χ2v) is 6.65. The Hall–Kier alpha value is -2.95. The summed E-state index contributed by atoms with van der Waals surface area (Å²) in [6.45, 7) is 0.691. The molecule has 0 radical (unpaired) electrons. The van der Waals surface area contributed by atoms with E-state index in [0.717, 1.165) is 36.5 Å². The molecule has 2 aromatic carbocycles. The Morgan fingerprint density at radius 1 is 1.00 bits per heavy atom. The normalized spacial score (nSPS) is 16.1. The lowest BCUT2D eigenvalue weighted by Gasteiger charge is -2.14. The molecule has 0 N–H and O–H groups in total. The van der Waals surface area contributed by atoms with E-state index < -0.39 is 0 Å². The van der Waals surface area contributed by atoms with Gasteiger partial charge in [0, 0.05) is 18.2 Å². The highest BCUT2D eigenvalue weighted by Crippen LogP contribution is 2.40. The number of carbonyl (C=O) groups is 1. The summed E-state index contributed by atoms with van der Waals surface area (Å²) in [5.41, 5.74) is 3.15. The lowest BCUT2D eigenvalue weighted by molar-refractivity contribution is 0.0979. The summed E-state index contributed by atoms with van der Waals surface area (Å²) in [5.74, 6) is 1.51. The fourth-order valence-corrected chi connectivity index (χ4v) is 3.45. The van der Waals surface area contributed by atoms with E-state index in [1.54, 1.807) is 4.90 Å². The Kier molecular flexibility index (Phi) is 3.20. The molecule has 0 saturated heterocycles. The van der Waals surface area contributed by atoms with E-state index in [2.05, 4.69) is 16.1 Å². The number of aromatic nitrogens is 3. The number of hydrogen-bond acceptors (Lipinski definition) is 3. The smallest absolute Gasteiger partial charge is 0.297 e. The molecule has 0 unspecified atom stereocenters. The minimum Gasteiger partial charge on any atom is -0.305 e. The van der Waals surface area contributed by atoms with Crippen molar-refractivity contribution in [1.29, 1.82) is 0 Å². The molecular formula is C20H18N4O. The second-order valence-electron chi connectivity index (χ2n) is 6.65. The van der Waals surface area contributed by atoms with Crippen molar-refractivity contribution in [2.45, 2.75) is 25.2 Å². The van der Waals surface area contributed by atoms with E-state index in [1.165, 1.54) is 5.56 Å². The highest BCUT2D eigenvalue weighted by atomic mass is 16.2. The van der Waals surface area contributed by atoms with Gasteiger partial charge in [-0.3, -0.25) is 4.79 Å². The van der Waals surface area contributed by atoms with Gasteiger partial charge in [0.25, 0.3) is 5.91 Å². The first kappa shape index (κ1) is 14.4. The van der Waals surface area contributed by atoms with Crippen molar-refractivity contribution in [3.05, 3.63) is 71.8 Å². The molecule has 2 heterocycles. The predicted molar refractivity (Wildman–Crippen MR) is 95.2 cm³/mol. The predicted octanol–water partition coefficient (Wildman–Crippen LogP) is 3.35. The first-order chi connectivity index (χ1) is 12.3. The zero-order valence-electron chi connectivity index (χ0n) is 13.8. The van der Waals surface area contributed by atoms with Gasteiger partial charge in [0.2, 0.25) is 5.82 Å². The van der Waals surface area contributed by atoms with Crippen LogP contribution in [0.4, 0.5) is 5.69 Å². The average Bonchev–Trinajstić information content (AvgIpc) is 3.27. The Bertz CT molecular complexity index is 943. The van der Waals surface area contributed by atoms with Crippen molar-refractivity contribution < 1.29 is 4.79 Å². The molecule has 5 rings (SSSR count). The molecule has 2 aliphatic rings. The van der Waals surface area contributed by atoms with Crippen LogP contribution < -0.4 is 4.90 Å². The molecular weight excluding hydrogens is 312 g/mol. The summed E-state index contributed by atoms with van der Waals surface area (Å²) in [6, 6.07) is 18.0. The molecule has 3 aromatic rings. The summed E-state index contributed by atoms with van der Waals surface area (Å²) >= 11 is 0. The molecule has 25 heavy (non-hydrogen) atoms. The van der Waals surface area contributed by atoms with Crippen molar-refractivity contribution in [2.24, 2.45) is 0 Å². The van der Waals surface area contributed by atoms with E-state index in [-0.39, 0.29) is 5.91 Å². The minimum atomic E-state index is -0.110. The number of fused-ring (bicyclic) bond motifs is 1. The van der Waals surface area contributed by atoms with E-state index in [1.807, 2.05) is 53.2 Å². The average molecular weight is 330 g/mol. The van der Waals surface area contributed by atoms with Crippen molar-refractivity contribution in [3.63, 3.8) is 0 Å². The van der Waals surface area contributed by atoms with Gasteiger partial charge < -0.3 is 4.90 Å². The number of rotatable bonds is 3. The highest BCUT2D eigenvalue weighted by Gasteiger charge is 2.34. The Morgan fingerprint density at radius 3 is 2.56 bits per heavy atom. The molecule has 5 heteroatoms. The van der Waals surface area contributed by atoms with Crippen LogP contribution in [0.15, 0.2) is 54.6 Å². The van der Waals surface area contributed by atoms with E-state index >= 15 is 0 Å². The van der Waals surface area contributed by atoms with Crippen LogP contribution in [-0.4, -0.2) is 27.2 Å². The van der Waals surface area contributed by atoms with E-state index in [9.17, 15) is 4.79 Å². The molecule has 0 atom stereocenters. The number of nitrogens with zero attached hydrogens (tertiary/aromatic N) is 4. The van der Waals surface area contributed by atoms with Crippen molar-refractivity contribution in [2.75, 3.05) is 11.4 Å². The number of amides is 1. The van der Waals surface area contributed by atoms with Gasteiger partial charge in [-0.05, 0) is 43.0 Å². The highest BCUT2D eigenvalue weighted by molar-refractivity contribution is 6.04. The number of anilines is 1. The monoisotopic (exact) mass is 330 g/mol. The first-order valence-corrected chi connectivity index (χ1v) is 8.73. The topological polar surface area (TPSA) is 51.0 Å². The third kappa shape index (κ3) is 2.43. The molecule has 5 nitrogen and oxygen atoms in total. The Labute approximate surface area is 145 Å². The van der Waals surface area contributed by atoms with Crippen LogP contribution in [0.25, 0.3) is 5.69 Å². The molecule has 0 bridgehead atoms. The van der Waals surface area contributed by atoms with Crippen molar-refractivity contribution >= 4 is 11.6 Å². The lowest BCUT2D eigenvalue weighted by Crippen LogP contribution is -2.30. The van der Waals surface area contributed by atoms with Crippen LogP contribution in [0.5, 0.6) is 0 Å². The third-order valence-corrected chi connectivity index (χ3v) is 4.90. The lowest BCUT2D eigenvalue weighted by atomic mass is 10.2. The molecule has 1 saturated carbocycles. The zero-order valence-corrected chi connectivity index (χ0v) is 13.8. The molecule has 1 fully saturated rings. The quantitative estimate of drug-likeness (QED) is 0.740. The summed E-state index contributed by atoms with van der Waals surface area (Å²) in [7, 11) is 0. The Morgan fingerprint density at radius 2 is 1.76 bits per heavy atom. The van der Waals surface area contributed by atoms with Crippen molar-refractivity contribution in [1.82, 2.24) is 14.8 Å². The largest absolute Gasteiger partial charge is 0.305 e. The summed E-state index contributed by atoms with van der Waals surface area (Å²) < 4.78 is 1.84. The summed E-state index contributed by atoms with van der Waals surface area (Å²) in [5, 5.41) is 4.57. The van der Waals surface area contributed by atoms with Gasteiger partial charge in [-0.2, -0.15) is 0 Å². The molecule has 1 aliphatic heterocycles. The maximum absolute atomic E-state index is 13.0. The van der Waals surface area contributed by atoms with Gasteiger partial charge in [0.1, 0.15) is 5.82 Å². The number of hydrogen-bond donors (Lipinski definition) is 0. The fraction of sp³-hybridized carbons (Fsp3) is 0.250. The van der Waals surface area contributed by atoms with Gasteiger partial charge in [0.15, 0.2) is 0 Å². The van der Waals surface area contributed by atoms with Gasteiger partial charge >= 0.3 is 0 Å². The second kappa shape index (κ2) is 5.55. The zero-order chi connectivity index (χ0) is 16.8. The van der Waals surface area contributed by atoms with Gasteiger partial charge in [-0.1, -0.05) is 36.4 Å². The van der Waals surface area contributed by atoms with Crippen LogP contribution in [0.2, 0.25) is 0 Å². The van der Waals surface area contributed by atoms with Crippen LogP contribution >= 0.6 is 0 Å². The minimum absolute atomic E-state index is 0.110. The summed E-state index contributed by atoms with van der Waals surface area (Å²) in [6.07, 6.45) is 3.12. The number of benzene rings is 2. The van der Waals surface area contributed by atoms with Crippen LogP contribution in [0, 0.1) is 0 Å². The van der Waals surface area contributed by atoms with Gasteiger partial charge in [-0.15, -0.1) is 5.10 Å².